The molecule has 0 unspecified atom stereocenters. The van der Waals surface area contributed by atoms with Gasteiger partial charge in [0.25, 0.3) is 5.91 Å². The summed E-state index contributed by atoms with van der Waals surface area (Å²) in [5.74, 6) is 1.54. The number of nitrogens with zero attached hydrogens (tertiary/aromatic N) is 5. The normalized spacial score (nSPS) is 19.1. The summed E-state index contributed by atoms with van der Waals surface area (Å²) in [5, 5.41) is 5.86. The summed E-state index contributed by atoms with van der Waals surface area (Å²) in [6.45, 7) is 4.93. The Kier molecular flexibility index (Phi) is 7.40. The zero-order chi connectivity index (χ0) is 26.8. The van der Waals surface area contributed by atoms with Crippen LogP contribution in [-0.2, 0) is 6.42 Å². The van der Waals surface area contributed by atoms with Crippen LogP contribution in [0, 0.1) is 17.7 Å². The molecule has 11 heteroatoms. The molecule has 2 fully saturated rings. The Bertz CT molecular complexity index is 1300. The quantitative estimate of drug-likeness (QED) is 0.421. The molecule has 3 N–H and O–H groups in total. The fourth-order valence-electron chi connectivity index (χ4n) is 6.20. The molecule has 0 aromatic carbocycles. The predicted molar refractivity (Wildman–Crippen MR) is 145 cm³/mol. The number of anilines is 3. The van der Waals surface area contributed by atoms with E-state index in [-0.39, 0.29) is 24.2 Å². The third-order valence-electron chi connectivity index (χ3n) is 8.40. The highest BCUT2D eigenvalue weighted by Gasteiger charge is 2.29. The van der Waals surface area contributed by atoms with Crippen molar-refractivity contribution in [3.63, 3.8) is 0 Å². The number of rotatable bonds is 7. The van der Waals surface area contributed by atoms with Crippen LogP contribution >= 0.6 is 0 Å². The lowest BCUT2D eigenvalue weighted by atomic mass is 9.79. The van der Waals surface area contributed by atoms with Crippen LogP contribution in [0.5, 0.6) is 0 Å². The third-order valence-corrected chi connectivity index (χ3v) is 8.40. The summed E-state index contributed by atoms with van der Waals surface area (Å²) in [4.78, 5) is 32.8. The molecular formula is C28H34F2N8O. The SMILES string of the molecule is O=C1NCCc2[nH]c(-c3nc(Nc4ccc(N5CCC(C6CCN(CCF)CC6)CC5)cn4)ncc3F)cc21. The summed E-state index contributed by atoms with van der Waals surface area (Å²) >= 11 is 0. The summed E-state index contributed by atoms with van der Waals surface area (Å²) in [6, 6.07) is 5.55. The average molecular weight is 537 g/mol. The Morgan fingerprint density at radius 1 is 1.03 bits per heavy atom. The Morgan fingerprint density at radius 2 is 1.79 bits per heavy atom. The van der Waals surface area contributed by atoms with E-state index in [4.69, 9.17) is 0 Å². The maximum atomic E-state index is 14.6. The number of alkyl halides is 1. The molecule has 1 amide bonds. The molecule has 0 radical (unpaired) electrons. The summed E-state index contributed by atoms with van der Waals surface area (Å²) in [5.41, 5.74) is 2.91. The molecule has 2 saturated heterocycles. The van der Waals surface area contributed by atoms with E-state index in [0.29, 0.717) is 36.6 Å². The molecule has 0 saturated carbocycles. The van der Waals surface area contributed by atoms with Gasteiger partial charge in [0, 0.05) is 38.3 Å². The first-order valence-electron chi connectivity index (χ1n) is 13.9. The number of hydrogen-bond donors (Lipinski definition) is 3. The topological polar surface area (TPSA) is 102 Å². The van der Waals surface area contributed by atoms with E-state index in [9.17, 15) is 13.6 Å². The lowest BCUT2D eigenvalue weighted by Gasteiger charge is -2.40. The number of likely N-dealkylation sites (tertiary alicyclic amines) is 1. The first-order chi connectivity index (χ1) is 19.1. The van der Waals surface area contributed by atoms with Crippen molar-refractivity contribution in [3.05, 3.63) is 47.7 Å². The lowest BCUT2D eigenvalue weighted by Crippen LogP contribution is -2.41. The van der Waals surface area contributed by atoms with E-state index in [1.54, 1.807) is 6.07 Å². The second kappa shape index (κ2) is 11.3. The molecule has 3 aromatic rings. The van der Waals surface area contributed by atoms with Gasteiger partial charge in [0.15, 0.2) is 5.82 Å². The fourth-order valence-corrected chi connectivity index (χ4v) is 6.20. The predicted octanol–water partition coefficient (Wildman–Crippen LogP) is 3.93. The molecule has 0 atom stereocenters. The zero-order valence-electron chi connectivity index (χ0n) is 21.9. The fraction of sp³-hybridized carbons (Fsp3) is 0.500. The van der Waals surface area contributed by atoms with Crippen molar-refractivity contribution in [2.75, 3.05) is 56.2 Å². The first-order valence-corrected chi connectivity index (χ1v) is 13.9. The standard InChI is InChI=1S/C28H34F2N8O/c29-8-14-37-10-4-18(5-11-37)19-6-12-38(13-7-19)20-1-2-25(32-16-20)35-28-33-17-22(30)26(36-28)24-15-21-23(34-24)3-9-31-27(21)39/h1-2,15-19,34H,3-14H2,(H,31,39)(H,32,33,35,36). The lowest BCUT2D eigenvalue weighted by molar-refractivity contribution is 0.0946. The number of carbonyl (C=O) groups excluding carboxylic acids is 1. The minimum atomic E-state index is -0.573. The number of fused-ring (bicyclic) bond motifs is 1. The Labute approximate surface area is 226 Å². The Morgan fingerprint density at radius 3 is 2.49 bits per heavy atom. The molecule has 9 nitrogen and oxygen atoms in total. The average Bonchev–Trinajstić information content (AvgIpc) is 3.41. The molecule has 0 aliphatic carbocycles. The number of nitrogens with one attached hydrogen (secondary N) is 3. The van der Waals surface area contributed by atoms with Gasteiger partial charge < -0.3 is 25.4 Å². The minimum Gasteiger partial charge on any atom is -0.370 e. The molecule has 206 valence electrons. The van der Waals surface area contributed by atoms with Crippen LogP contribution in [0.15, 0.2) is 30.6 Å². The number of piperidine rings is 2. The number of hydrogen-bond acceptors (Lipinski definition) is 7. The highest BCUT2D eigenvalue weighted by Crippen LogP contribution is 2.34. The van der Waals surface area contributed by atoms with Gasteiger partial charge in [-0.15, -0.1) is 0 Å². The van der Waals surface area contributed by atoms with Crippen molar-refractivity contribution in [1.29, 1.82) is 0 Å². The van der Waals surface area contributed by atoms with E-state index in [0.717, 1.165) is 55.6 Å². The number of H-pyrrole nitrogens is 1. The summed E-state index contributed by atoms with van der Waals surface area (Å²) < 4.78 is 27.2. The van der Waals surface area contributed by atoms with Gasteiger partial charge in [-0.3, -0.25) is 4.79 Å². The van der Waals surface area contributed by atoms with Gasteiger partial charge in [-0.05, 0) is 68.8 Å². The largest absolute Gasteiger partial charge is 0.370 e. The Hall–Kier alpha value is -3.60. The van der Waals surface area contributed by atoms with Gasteiger partial charge in [0.2, 0.25) is 5.95 Å². The molecule has 6 heterocycles. The number of carbonyl (C=O) groups is 1. The first kappa shape index (κ1) is 25.7. The smallest absolute Gasteiger partial charge is 0.253 e. The van der Waals surface area contributed by atoms with Gasteiger partial charge in [-0.1, -0.05) is 0 Å². The van der Waals surface area contributed by atoms with E-state index in [1.807, 2.05) is 18.3 Å². The van der Waals surface area contributed by atoms with Crippen LogP contribution in [0.25, 0.3) is 11.4 Å². The van der Waals surface area contributed by atoms with E-state index in [2.05, 4.69) is 40.4 Å². The van der Waals surface area contributed by atoms with Crippen molar-refractivity contribution >= 4 is 23.4 Å². The monoisotopic (exact) mass is 536 g/mol. The molecule has 3 aromatic heterocycles. The molecular weight excluding hydrogens is 502 g/mol. The van der Waals surface area contributed by atoms with Crippen molar-refractivity contribution in [1.82, 2.24) is 30.2 Å². The van der Waals surface area contributed by atoms with Crippen LogP contribution < -0.4 is 15.5 Å². The maximum absolute atomic E-state index is 14.6. The molecule has 6 rings (SSSR count). The maximum Gasteiger partial charge on any atom is 0.253 e. The summed E-state index contributed by atoms with van der Waals surface area (Å²) in [6.07, 6.45) is 8.33. The van der Waals surface area contributed by atoms with Crippen molar-refractivity contribution in [2.24, 2.45) is 11.8 Å². The molecule has 3 aliphatic heterocycles. The second-order valence-electron chi connectivity index (χ2n) is 10.7. The number of aromatic amines is 1. The number of halogens is 2. The van der Waals surface area contributed by atoms with Crippen molar-refractivity contribution in [3.8, 4) is 11.4 Å². The molecule has 39 heavy (non-hydrogen) atoms. The van der Waals surface area contributed by atoms with Gasteiger partial charge in [-0.25, -0.2) is 23.7 Å². The number of aromatic nitrogens is 4. The van der Waals surface area contributed by atoms with Crippen LogP contribution in [0.2, 0.25) is 0 Å². The number of amides is 1. The van der Waals surface area contributed by atoms with Crippen LogP contribution in [0.3, 0.4) is 0 Å². The molecule has 3 aliphatic rings. The van der Waals surface area contributed by atoms with E-state index in [1.165, 1.54) is 25.7 Å². The van der Waals surface area contributed by atoms with Gasteiger partial charge in [-0.2, -0.15) is 0 Å². The zero-order valence-corrected chi connectivity index (χ0v) is 21.9. The minimum absolute atomic E-state index is 0.0993. The van der Waals surface area contributed by atoms with Crippen LogP contribution in [0.4, 0.5) is 26.2 Å². The number of pyridine rings is 1. The van der Waals surface area contributed by atoms with Crippen molar-refractivity contribution in [2.45, 2.75) is 32.1 Å². The van der Waals surface area contributed by atoms with Crippen molar-refractivity contribution < 1.29 is 13.6 Å². The highest BCUT2D eigenvalue weighted by atomic mass is 19.1. The third kappa shape index (κ3) is 5.59. The summed E-state index contributed by atoms with van der Waals surface area (Å²) in [7, 11) is 0. The molecule has 0 bridgehead atoms. The van der Waals surface area contributed by atoms with Gasteiger partial charge in [0.05, 0.1) is 29.3 Å². The van der Waals surface area contributed by atoms with E-state index >= 15 is 0 Å². The second-order valence-corrected chi connectivity index (χ2v) is 10.7. The Balaban J connectivity index is 1.06. The van der Waals surface area contributed by atoms with E-state index < -0.39 is 5.82 Å². The van der Waals surface area contributed by atoms with Gasteiger partial charge in [0.1, 0.15) is 18.2 Å². The highest BCUT2D eigenvalue weighted by molar-refractivity contribution is 5.97. The van der Waals surface area contributed by atoms with Crippen LogP contribution in [-0.4, -0.2) is 76.7 Å². The molecule has 0 spiro atoms. The van der Waals surface area contributed by atoms with Crippen LogP contribution in [0.1, 0.15) is 41.7 Å². The van der Waals surface area contributed by atoms with Gasteiger partial charge >= 0.3 is 0 Å².